The average molecular weight is 369 g/mol. The highest BCUT2D eigenvalue weighted by molar-refractivity contribution is 6.03. The fraction of sp³-hybridized carbons (Fsp3) is 0.450. The lowest BCUT2D eigenvalue weighted by Crippen LogP contribution is -2.42. The molecule has 3 rings (SSSR count). The monoisotopic (exact) mass is 369 g/mol. The topological polar surface area (TPSA) is 70.5 Å². The van der Waals surface area contributed by atoms with E-state index in [0.29, 0.717) is 18.8 Å². The molecule has 0 saturated carbocycles. The Hall–Kier alpha value is -2.83. The molecular weight excluding hydrogens is 342 g/mol. The van der Waals surface area contributed by atoms with Gasteiger partial charge in [-0.05, 0) is 51.5 Å². The van der Waals surface area contributed by atoms with E-state index in [-0.39, 0.29) is 18.4 Å². The number of aryl methyl sites for hydroxylation is 3. The molecule has 7 heteroatoms. The number of benzene rings is 1. The minimum absolute atomic E-state index is 0.0127. The Bertz CT molecular complexity index is 854. The van der Waals surface area contributed by atoms with Crippen molar-refractivity contribution in [2.24, 2.45) is 0 Å². The largest absolute Gasteiger partial charge is 0.372 e. The van der Waals surface area contributed by atoms with Crippen LogP contribution in [0.15, 0.2) is 24.3 Å². The van der Waals surface area contributed by atoms with E-state index in [1.165, 1.54) is 4.90 Å². The van der Waals surface area contributed by atoms with Crippen LogP contribution >= 0.6 is 0 Å². The van der Waals surface area contributed by atoms with Crippen LogP contribution in [0.2, 0.25) is 0 Å². The van der Waals surface area contributed by atoms with Crippen molar-refractivity contribution < 1.29 is 9.59 Å². The Morgan fingerprint density at radius 3 is 2.63 bits per heavy atom. The number of amides is 2. The number of rotatable bonds is 6. The fourth-order valence-corrected chi connectivity index (χ4v) is 3.45. The quantitative estimate of drug-likeness (QED) is 0.850. The van der Waals surface area contributed by atoms with Crippen molar-refractivity contribution in [1.29, 1.82) is 0 Å². The van der Waals surface area contributed by atoms with Gasteiger partial charge >= 0.3 is 0 Å². The van der Waals surface area contributed by atoms with Crippen LogP contribution in [0.3, 0.4) is 0 Å². The molecule has 0 fully saturated rings. The van der Waals surface area contributed by atoms with Gasteiger partial charge in [0.15, 0.2) is 0 Å². The molecule has 7 nitrogen and oxygen atoms in total. The van der Waals surface area contributed by atoms with Gasteiger partial charge in [0.25, 0.3) is 0 Å². The maximum Gasteiger partial charge on any atom is 0.244 e. The van der Waals surface area contributed by atoms with Gasteiger partial charge in [-0.3, -0.25) is 14.5 Å². The molecule has 0 atom stereocenters. The zero-order valence-electron chi connectivity index (χ0n) is 16.5. The van der Waals surface area contributed by atoms with Crippen LogP contribution in [0.4, 0.5) is 17.2 Å². The summed E-state index contributed by atoms with van der Waals surface area (Å²) in [5, 5.41) is 7.31. The van der Waals surface area contributed by atoms with Gasteiger partial charge in [-0.1, -0.05) is 0 Å². The molecule has 0 aliphatic carbocycles. The first-order valence-corrected chi connectivity index (χ1v) is 9.43. The van der Waals surface area contributed by atoms with Crippen LogP contribution in [0.5, 0.6) is 0 Å². The van der Waals surface area contributed by atoms with E-state index in [0.717, 1.165) is 35.7 Å². The summed E-state index contributed by atoms with van der Waals surface area (Å²) in [5.41, 5.74) is 3.75. The highest BCUT2D eigenvalue weighted by Gasteiger charge is 2.27. The number of carbonyl (C=O) groups is 2. The van der Waals surface area contributed by atoms with E-state index in [1.807, 2.05) is 32.0 Å². The summed E-state index contributed by atoms with van der Waals surface area (Å²) >= 11 is 0. The summed E-state index contributed by atoms with van der Waals surface area (Å²) < 4.78 is 1.79. The predicted octanol–water partition coefficient (Wildman–Crippen LogP) is 2.72. The maximum absolute atomic E-state index is 12.6. The van der Waals surface area contributed by atoms with Crippen molar-refractivity contribution in [2.45, 2.75) is 40.7 Å². The summed E-state index contributed by atoms with van der Waals surface area (Å²) in [6, 6.07) is 7.86. The Balaban J connectivity index is 1.72. The van der Waals surface area contributed by atoms with Crippen LogP contribution < -0.4 is 15.1 Å². The molecule has 0 spiro atoms. The first kappa shape index (κ1) is 18.9. The second-order valence-electron chi connectivity index (χ2n) is 6.82. The smallest absolute Gasteiger partial charge is 0.244 e. The molecule has 2 amide bonds. The fourth-order valence-electron chi connectivity index (χ4n) is 3.45. The molecule has 2 aromatic rings. The average Bonchev–Trinajstić information content (AvgIpc) is 3.01. The minimum Gasteiger partial charge on any atom is -0.372 e. The second-order valence-corrected chi connectivity index (χ2v) is 6.82. The van der Waals surface area contributed by atoms with Crippen molar-refractivity contribution in [1.82, 2.24) is 9.78 Å². The summed E-state index contributed by atoms with van der Waals surface area (Å²) in [7, 11) is 0. The molecule has 2 heterocycles. The van der Waals surface area contributed by atoms with Gasteiger partial charge in [-0.2, -0.15) is 5.10 Å². The predicted molar refractivity (Wildman–Crippen MR) is 107 cm³/mol. The van der Waals surface area contributed by atoms with Gasteiger partial charge < -0.3 is 10.2 Å². The van der Waals surface area contributed by atoms with E-state index in [9.17, 15) is 9.59 Å². The number of hydrogen-bond donors (Lipinski definition) is 1. The number of carbonyl (C=O) groups excluding carboxylic acids is 2. The molecule has 0 radical (unpaired) electrons. The van der Waals surface area contributed by atoms with Gasteiger partial charge in [0.2, 0.25) is 11.8 Å². The third-order valence-electron chi connectivity index (χ3n) is 4.91. The molecule has 0 unspecified atom stereocenters. The van der Waals surface area contributed by atoms with Gasteiger partial charge in [0, 0.05) is 37.0 Å². The molecule has 1 N–H and O–H groups in total. The van der Waals surface area contributed by atoms with Crippen molar-refractivity contribution in [2.75, 3.05) is 34.8 Å². The Morgan fingerprint density at radius 2 is 1.96 bits per heavy atom. The van der Waals surface area contributed by atoms with E-state index in [4.69, 9.17) is 0 Å². The number of nitrogens with one attached hydrogen (secondary N) is 1. The van der Waals surface area contributed by atoms with Crippen molar-refractivity contribution in [3.63, 3.8) is 0 Å². The third-order valence-corrected chi connectivity index (χ3v) is 4.91. The zero-order chi connectivity index (χ0) is 19.6. The number of fused-ring (bicyclic) bond motifs is 1. The number of anilines is 3. The van der Waals surface area contributed by atoms with E-state index in [1.54, 1.807) is 4.68 Å². The highest BCUT2D eigenvalue weighted by atomic mass is 16.2. The normalized spacial score (nSPS) is 13.5. The third kappa shape index (κ3) is 3.97. The molecule has 0 bridgehead atoms. The van der Waals surface area contributed by atoms with Crippen LogP contribution in [0, 0.1) is 13.8 Å². The zero-order valence-corrected chi connectivity index (χ0v) is 16.5. The lowest BCUT2D eigenvalue weighted by molar-refractivity contribution is -0.122. The second kappa shape index (κ2) is 7.82. The van der Waals surface area contributed by atoms with Gasteiger partial charge in [0.05, 0.1) is 12.2 Å². The number of hydrogen-bond acceptors (Lipinski definition) is 4. The number of nitrogens with zero attached hydrogens (tertiary/aromatic N) is 4. The molecule has 27 heavy (non-hydrogen) atoms. The van der Waals surface area contributed by atoms with Crippen LogP contribution in [0.25, 0.3) is 0 Å². The minimum atomic E-state index is -0.214. The van der Waals surface area contributed by atoms with E-state index < -0.39 is 0 Å². The lowest BCUT2D eigenvalue weighted by atomic mass is 10.1. The van der Waals surface area contributed by atoms with Gasteiger partial charge in [0.1, 0.15) is 12.4 Å². The highest BCUT2D eigenvalue weighted by Crippen LogP contribution is 2.24. The first-order chi connectivity index (χ1) is 12.9. The van der Waals surface area contributed by atoms with E-state index >= 15 is 0 Å². The Labute approximate surface area is 159 Å². The summed E-state index contributed by atoms with van der Waals surface area (Å²) in [5.74, 6) is 0.424. The molecule has 1 aromatic heterocycles. The van der Waals surface area contributed by atoms with Crippen molar-refractivity contribution in [3.8, 4) is 0 Å². The van der Waals surface area contributed by atoms with Crippen LogP contribution in [-0.4, -0.2) is 41.2 Å². The first-order valence-electron chi connectivity index (χ1n) is 9.43. The van der Waals surface area contributed by atoms with Crippen LogP contribution in [-0.2, 0) is 16.1 Å². The summed E-state index contributed by atoms with van der Waals surface area (Å²) in [6.07, 6.45) is 0.360. The summed E-state index contributed by atoms with van der Waals surface area (Å²) in [6.45, 7) is 10.5. The Kier molecular flexibility index (Phi) is 5.48. The standard InChI is InChI=1S/C20H27N5O2/c1-5-23(6-2)16-7-8-17(14(3)11-16)21-18(26)13-24-19-12-15(4)22-25(19)10-9-20(24)27/h7-8,11-12H,5-6,9-10,13H2,1-4H3,(H,21,26). The number of aromatic nitrogens is 2. The van der Waals surface area contributed by atoms with Crippen molar-refractivity contribution >= 4 is 29.0 Å². The molecule has 1 aromatic carbocycles. The molecule has 1 aliphatic rings. The van der Waals surface area contributed by atoms with Gasteiger partial charge in [-0.15, -0.1) is 0 Å². The SMILES string of the molecule is CCN(CC)c1ccc(NC(=O)CN2C(=O)CCn3nc(C)cc32)c(C)c1. The molecule has 1 aliphatic heterocycles. The van der Waals surface area contributed by atoms with Crippen LogP contribution in [0.1, 0.15) is 31.5 Å². The molecule has 144 valence electrons. The van der Waals surface area contributed by atoms with Crippen molar-refractivity contribution in [3.05, 3.63) is 35.5 Å². The molecule has 0 saturated heterocycles. The Morgan fingerprint density at radius 1 is 1.22 bits per heavy atom. The molecular formula is C20H27N5O2. The lowest BCUT2D eigenvalue weighted by Gasteiger charge is -2.27. The summed E-state index contributed by atoms with van der Waals surface area (Å²) in [4.78, 5) is 28.7. The van der Waals surface area contributed by atoms with Gasteiger partial charge in [-0.25, -0.2) is 4.68 Å². The van der Waals surface area contributed by atoms with E-state index in [2.05, 4.69) is 35.2 Å². The maximum atomic E-state index is 12.6.